The van der Waals surface area contributed by atoms with Crippen molar-refractivity contribution in [2.24, 2.45) is 5.73 Å². The average Bonchev–Trinajstić information content (AvgIpc) is 2.38. The molecule has 0 heterocycles. The summed E-state index contributed by atoms with van der Waals surface area (Å²) in [5, 5.41) is 0.717. The zero-order valence-electron chi connectivity index (χ0n) is 10.8. The molecule has 0 aliphatic heterocycles. The number of nitrogens with two attached hydrogens (primary N) is 1. The Hall–Kier alpha value is -1.03. The minimum atomic E-state index is -0.246. The Kier molecular flexibility index (Phi) is 4.50. The Labute approximate surface area is 126 Å². The molecule has 0 amide bonds. The van der Waals surface area contributed by atoms with Gasteiger partial charge in [0.15, 0.2) is 0 Å². The van der Waals surface area contributed by atoms with Crippen LogP contribution in [0.1, 0.15) is 22.7 Å². The van der Waals surface area contributed by atoms with Gasteiger partial charge in [-0.3, -0.25) is 0 Å². The Morgan fingerprint density at radius 1 is 1.16 bits per heavy atom. The van der Waals surface area contributed by atoms with Crippen molar-refractivity contribution in [3.05, 3.63) is 62.6 Å². The molecule has 0 aromatic heterocycles. The highest BCUT2D eigenvalue weighted by molar-refractivity contribution is 9.10. The summed E-state index contributed by atoms with van der Waals surface area (Å²) in [5.74, 6) is 0.782. The fourth-order valence-electron chi connectivity index (χ4n) is 2.10. The summed E-state index contributed by atoms with van der Waals surface area (Å²) in [6, 6.07) is 11.3. The zero-order chi connectivity index (χ0) is 14.0. The Morgan fingerprint density at radius 3 is 2.53 bits per heavy atom. The molecule has 2 N–H and O–H groups in total. The molecule has 19 heavy (non-hydrogen) atoms. The van der Waals surface area contributed by atoms with Gasteiger partial charge in [0, 0.05) is 15.1 Å². The van der Waals surface area contributed by atoms with Crippen molar-refractivity contribution >= 4 is 27.5 Å². The maximum absolute atomic E-state index is 6.37. The fraction of sp³-hybridized carbons (Fsp3) is 0.200. The number of methoxy groups -OCH3 is 1. The van der Waals surface area contributed by atoms with Gasteiger partial charge in [0.1, 0.15) is 5.75 Å². The molecule has 100 valence electrons. The van der Waals surface area contributed by atoms with Crippen LogP contribution in [0.3, 0.4) is 0 Å². The third-order valence-corrected chi connectivity index (χ3v) is 3.82. The molecule has 2 aromatic rings. The van der Waals surface area contributed by atoms with Crippen molar-refractivity contribution in [3.63, 3.8) is 0 Å². The maximum Gasteiger partial charge on any atom is 0.124 e. The van der Waals surface area contributed by atoms with E-state index in [0.717, 1.165) is 31.9 Å². The van der Waals surface area contributed by atoms with Crippen molar-refractivity contribution in [2.45, 2.75) is 13.0 Å². The van der Waals surface area contributed by atoms with Gasteiger partial charge >= 0.3 is 0 Å². The van der Waals surface area contributed by atoms with Gasteiger partial charge in [-0.15, -0.1) is 0 Å². The van der Waals surface area contributed by atoms with Crippen molar-refractivity contribution in [1.82, 2.24) is 0 Å². The number of benzene rings is 2. The lowest BCUT2D eigenvalue weighted by Gasteiger charge is -2.18. The van der Waals surface area contributed by atoms with Crippen LogP contribution in [0.25, 0.3) is 0 Å². The molecular weight excluding hydrogens is 326 g/mol. The highest BCUT2D eigenvalue weighted by Crippen LogP contribution is 2.32. The minimum absolute atomic E-state index is 0.246. The second-order valence-corrected chi connectivity index (χ2v) is 5.72. The van der Waals surface area contributed by atoms with Gasteiger partial charge in [-0.2, -0.15) is 0 Å². The van der Waals surface area contributed by atoms with Crippen LogP contribution in [-0.2, 0) is 0 Å². The van der Waals surface area contributed by atoms with Crippen LogP contribution < -0.4 is 10.5 Å². The van der Waals surface area contributed by atoms with Crippen LogP contribution in [0.5, 0.6) is 5.75 Å². The lowest BCUT2D eigenvalue weighted by Crippen LogP contribution is -2.14. The molecule has 1 atom stereocenters. The molecule has 0 aliphatic carbocycles. The number of halogens is 2. The second-order valence-electron chi connectivity index (χ2n) is 4.36. The second kappa shape index (κ2) is 5.95. The highest BCUT2D eigenvalue weighted by atomic mass is 79.9. The van der Waals surface area contributed by atoms with Crippen LogP contribution in [0, 0.1) is 6.92 Å². The van der Waals surface area contributed by atoms with E-state index in [2.05, 4.69) is 15.9 Å². The third-order valence-electron chi connectivity index (χ3n) is 3.09. The summed E-state index contributed by atoms with van der Waals surface area (Å²) in [5.41, 5.74) is 9.43. The Balaban J connectivity index is 2.49. The van der Waals surface area contributed by atoms with Gasteiger partial charge in [-0.1, -0.05) is 33.6 Å². The van der Waals surface area contributed by atoms with E-state index in [4.69, 9.17) is 22.1 Å². The van der Waals surface area contributed by atoms with E-state index in [1.807, 2.05) is 43.3 Å². The van der Waals surface area contributed by atoms with Crippen LogP contribution in [0.4, 0.5) is 0 Å². The molecule has 2 aromatic carbocycles. The van der Waals surface area contributed by atoms with E-state index >= 15 is 0 Å². The number of ether oxygens (including phenoxy) is 1. The van der Waals surface area contributed by atoms with Gasteiger partial charge in [-0.25, -0.2) is 0 Å². The van der Waals surface area contributed by atoms with Gasteiger partial charge in [0.05, 0.1) is 13.2 Å². The molecular formula is C15H15BrClNO. The quantitative estimate of drug-likeness (QED) is 0.895. The van der Waals surface area contributed by atoms with Crippen LogP contribution in [-0.4, -0.2) is 7.11 Å². The van der Waals surface area contributed by atoms with Gasteiger partial charge < -0.3 is 10.5 Å². The van der Waals surface area contributed by atoms with E-state index in [0.29, 0.717) is 0 Å². The normalized spacial score (nSPS) is 12.3. The molecule has 2 nitrogen and oxygen atoms in total. The van der Waals surface area contributed by atoms with Gasteiger partial charge in [0.25, 0.3) is 0 Å². The summed E-state index contributed by atoms with van der Waals surface area (Å²) in [6.45, 7) is 2.01. The van der Waals surface area contributed by atoms with Crippen molar-refractivity contribution < 1.29 is 4.74 Å². The maximum atomic E-state index is 6.37. The number of hydrogen-bond acceptors (Lipinski definition) is 2. The molecule has 0 radical (unpaired) electrons. The van der Waals surface area contributed by atoms with Gasteiger partial charge in [-0.05, 0) is 48.4 Å². The summed E-state index contributed by atoms with van der Waals surface area (Å²) >= 11 is 9.44. The molecule has 0 bridgehead atoms. The molecule has 0 spiro atoms. The van der Waals surface area contributed by atoms with Crippen LogP contribution in [0.2, 0.25) is 5.02 Å². The van der Waals surface area contributed by atoms with Crippen molar-refractivity contribution in [1.29, 1.82) is 0 Å². The molecule has 1 unspecified atom stereocenters. The van der Waals surface area contributed by atoms with Crippen molar-refractivity contribution in [3.8, 4) is 5.75 Å². The summed E-state index contributed by atoms with van der Waals surface area (Å²) < 4.78 is 6.36. The average molecular weight is 341 g/mol. The first kappa shape index (κ1) is 14.4. The first-order valence-electron chi connectivity index (χ1n) is 5.88. The monoisotopic (exact) mass is 339 g/mol. The van der Waals surface area contributed by atoms with E-state index < -0.39 is 0 Å². The van der Waals surface area contributed by atoms with Crippen LogP contribution >= 0.6 is 27.5 Å². The first-order valence-corrected chi connectivity index (χ1v) is 7.05. The number of hydrogen-bond donors (Lipinski definition) is 1. The summed E-state index contributed by atoms with van der Waals surface area (Å²) in [4.78, 5) is 0. The highest BCUT2D eigenvalue weighted by Gasteiger charge is 2.16. The third kappa shape index (κ3) is 3.11. The Morgan fingerprint density at radius 2 is 1.89 bits per heavy atom. The number of aryl methyl sites for hydroxylation is 1. The SMILES string of the molecule is COc1ccc(Br)cc1C(N)c1ccc(Cl)cc1C. The lowest BCUT2D eigenvalue weighted by atomic mass is 9.95. The summed E-state index contributed by atoms with van der Waals surface area (Å²) in [6.07, 6.45) is 0. The summed E-state index contributed by atoms with van der Waals surface area (Å²) in [7, 11) is 1.65. The predicted octanol–water partition coefficient (Wildman–Crippen LogP) is 4.47. The minimum Gasteiger partial charge on any atom is -0.496 e. The molecule has 0 aliphatic rings. The molecule has 0 saturated heterocycles. The van der Waals surface area contributed by atoms with E-state index in [-0.39, 0.29) is 6.04 Å². The standard InChI is InChI=1S/C15H15BrClNO/c1-9-7-11(17)4-5-12(9)15(18)13-8-10(16)3-6-14(13)19-2/h3-8,15H,18H2,1-2H3. The molecule has 0 fully saturated rings. The predicted molar refractivity (Wildman–Crippen MR) is 82.9 cm³/mol. The first-order chi connectivity index (χ1) is 9.02. The van der Waals surface area contributed by atoms with Gasteiger partial charge in [0.2, 0.25) is 0 Å². The molecule has 4 heteroatoms. The van der Waals surface area contributed by atoms with Crippen LogP contribution in [0.15, 0.2) is 40.9 Å². The molecule has 2 rings (SSSR count). The fourth-order valence-corrected chi connectivity index (χ4v) is 2.71. The smallest absolute Gasteiger partial charge is 0.124 e. The largest absolute Gasteiger partial charge is 0.496 e. The van der Waals surface area contributed by atoms with E-state index in [1.54, 1.807) is 7.11 Å². The van der Waals surface area contributed by atoms with Crippen molar-refractivity contribution in [2.75, 3.05) is 7.11 Å². The number of rotatable bonds is 3. The zero-order valence-corrected chi connectivity index (χ0v) is 13.1. The Bertz CT molecular complexity index is 601. The lowest BCUT2D eigenvalue weighted by molar-refractivity contribution is 0.407. The van der Waals surface area contributed by atoms with E-state index in [9.17, 15) is 0 Å². The topological polar surface area (TPSA) is 35.2 Å². The van der Waals surface area contributed by atoms with E-state index in [1.165, 1.54) is 0 Å². The molecule has 0 saturated carbocycles.